The minimum atomic E-state index is -0.507. The molecule has 0 radical (unpaired) electrons. The van der Waals surface area contributed by atoms with E-state index in [9.17, 15) is 9.59 Å². The van der Waals surface area contributed by atoms with Crippen molar-refractivity contribution in [1.82, 2.24) is 15.2 Å². The summed E-state index contributed by atoms with van der Waals surface area (Å²) < 4.78 is 4.97. The van der Waals surface area contributed by atoms with E-state index in [2.05, 4.69) is 28.5 Å². The summed E-state index contributed by atoms with van der Waals surface area (Å²) in [4.78, 5) is 31.2. The minimum absolute atomic E-state index is 0.0180. The van der Waals surface area contributed by atoms with Crippen molar-refractivity contribution < 1.29 is 14.3 Å². The molecular weight excluding hydrogens is 366 g/mol. The summed E-state index contributed by atoms with van der Waals surface area (Å²) in [6.07, 6.45) is 5.55. The Morgan fingerprint density at radius 2 is 1.93 bits per heavy atom. The van der Waals surface area contributed by atoms with E-state index in [-0.39, 0.29) is 18.4 Å². The van der Waals surface area contributed by atoms with Gasteiger partial charge in [-0.05, 0) is 48.9 Å². The van der Waals surface area contributed by atoms with Crippen LogP contribution in [0.5, 0.6) is 0 Å². The van der Waals surface area contributed by atoms with Gasteiger partial charge in [0.2, 0.25) is 11.8 Å². The Hall–Kier alpha value is -2.73. The fourth-order valence-electron chi connectivity index (χ4n) is 4.02. The SMILES string of the molecule is CCNC(=O)C1(Cc2cccc(-c3cccnc3)c2)CCN(C(=O)COC)CC1. The van der Waals surface area contributed by atoms with Crippen molar-refractivity contribution in [2.24, 2.45) is 5.41 Å². The van der Waals surface area contributed by atoms with E-state index in [0.29, 0.717) is 38.9 Å². The largest absolute Gasteiger partial charge is 0.375 e. The number of nitrogens with zero attached hydrogens (tertiary/aromatic N) is 2. The molecule has 1 saturated heterocycles. The molecule has 0 atom stereocenters. The molecule has 2 heterocycles. The highest BCUT2D eigenvalue weighted by Gasteiger charge is 2.42. The highest BCUT2D eigenvalue weighted by Crippen LogP contribution is 2.36. The number of likely N-dealkylation sites (tertiary alicyclic amines) is 1. The van der Waals surface area contributed by atoms with Crippen molar-refractivity contribution in [3.8, 4) is 11.1 Å². The maximum absolute atomic E-state index is 13.0. The molecule has 0 bridgehead atoms. The van der Waals surface area contributed by atoms with E-state index >= 15 is 0 Å². The first-order valence-electron chi connectivity index (χ1n) is 10.1. The molecule has 3 rings (SSSR count). The summed E-state index contributed by atoms with van der Waals surface area (Å²) in [6, 6.07) is 12.3. The van der Waals surface area contributed by atoms with Crippen LogP contribution >= 0.6 is 0 Å². The summed E-state index contributed by atoms with van der Waals surface area (Å²) in [6.45, 7) is 3.76. The van der Waals surface area contributed by atoms with Crippen LogP contribution in [0, 0.1) is 5.41 Å². The van der Waals surface area contributed by atoms with Crippen molar-refractivity contribution in [3.05, 3.63) is 54.4 Å². The number of aromatic nitrogens is 1. The molecule has 1 aromatic heterocycles. The third-order valence-electron chi connectivity index (χ3n) is 5.62. The van der Waals surface area contributed by atoms with Crippen LogP contribution in [0.25, 0.3) is 11.1 Å². The lowest BCUT2D eigenvalue weighted by Gasteiger charge is -2.40. The van der Waals surface area contributed by atoms with Gasteiger partial charge in [0.1, 0.15) is 6.61 Å². The van der Waals surface area contributed by atoms with Gasteiger partial charge in [-0.2, -0.15) is 0 Å². The zero-order valence-corrected chi connectivity index (χ0v) is 17.2. The first kappa shape index (κ1) is 21.0. The monoisotopic (exact) mass is 395 g/mol. The number of ether oxygens (including phenoxy) is 1. The second-order valence-corrected chi connectivity index (χ2v) is 7.57. The molecule has 6 heteroatoms. The predicted octanol–water partition coefficient (Wildman–Crippen LogP) is 2.68. The Morgan fingerprint density at radius 3 is 2.59 bits per heavy atom. The number of nitrogens with one attached hydrogen (secondary N) is 1. The summed E-state index contributed by atoms with van der Waals surface area (Å²) in [5.74, 6) is 0.0567. The number of methoxy groups -OCH3 is 1. The Morgan fingerprint density at radius 1 is 1.17 bits per heavy atom. The normalized spacial score (nSPS) is 15.7. The molecule has 154 valence electrons. The second kappa shape index (κ2) is 9.65. The smallest absolute Gasteiger partial charge is 0.248 e. The molecule has 29 heavy (non-hydrogen) atoms. The van der Waals surface area contributed by atoms with E-state index in [0.717, 1.165) is 16.7 Å². The van der Waals surface area contributed by atoms with Crippen LogP contribution in [0.1, 0.15) is 25.3 Å². The van der Waals surface area contributed by atoms with Gasteiger partial charge in [0.25, 0.3) is 0 Å². The molecule has 0 spiro atoms. The summed E-state index contributed by atoms with van der Waals surface area (Å²) in [7, 11) is 1.52. The van der Waals surface area contributed by atoms with Crippen molar-refractivity contribution in [2.45, 2.75) is 26.2 Å². The molecule has 1 fully saturated rings. The standard InChI is InChI=1S/C23H29N3O3/c1-3-25-22(28)23(9-12-26(13-10-23)21(27)17-29-2)15-18-6-4-7-19(14-18)20-8-5-11-24-16-20/h4-8,11,14,16H,3,9-10,12-13,15,17H2,1-2H3,(H,25,28). The van der Waals surface area contributed by atoms with Gasteiger partial charge in [0.05, 0.1) is 5.41 Å². The number of carbonyl (C=O) groups excluding carboxylic acids is 2. The Bertz CT molecular complexity index is 830. The zero-order valence-electron chi connectivity index (χ0n) is 17.2. The molecule has 2 amide bonds. The number of pyridine rings is 1. The quantitative estimate of drug-likeness (QED) is 0.782. The number of hydrogen-bond donors (Lipinski definition) is 1. The molecular formula is C23H29N3O3. The topological polar surface area (TPSA) is 71.5 Å². The number of piperidine rings is 1. The number of hydrogen-bond acceptors (Lipinski definition) is 4. The molecule has 0 aliphatic carbocycles. The van der Waals surface area contributed by atoms with Crippen molar-refractivity contribution in [1.29, 1.82) is 0 Å². The van der Waals surface area contributed by atoms with Gasteiger partial charge in [0, 0.05) is 39.1 Å². The Kier molecular flexibility index (Phi) is 6.99. The van der Waals surface area contributed by atoms with Crippen LogP contribution in [0.4, 0.5) is 0 Å². The van der Waals surface area contributed by atoms with Crippen LogP contribution in [-0.4, -0.2) is 55.0 Å². The Balaban J connectivity index is 1.80. The van der Waals surface area contributed by atoms with E-state index < -0.39 is 5.41 Å². The van der Waals surface area contributed by atoms with Gasteiger partial charge < -0.3 is 15.0 Å². The second-order valence-electron chi connectivity index (χ2n) is 7.57. The lowest BCUT2D eigenvalue weighted by atomic mass is 9.72. The first-order chi connectivity index (χ1) is 14.1. The number of rotatable bonds is 7. The van der Waals surface area contributed by atoms with E-state index in [1.807, 2.05) is 31.3 Å². The lowest BCUT2D eigenvalue weighted by molar-refractivity contribution is -0.142. The third kappa shape index (κ3) is 5.01. The van der Waals surface area contributed by atoms with Gasteiger partial charge in [-0.3, -0.25) is 14.6 Å². The molecule has 1 aromatic carbocycles. The third-order valence-corrected chi connectivity index (χ3v) is 5.62. The van der Waals surface area contributed by atoms with Crippen molar-refractivity contribution in [3.63, 3.8) is 0 Å². The fourth-order valence-corrected chi connectivity index (χ4v) is 4.02. The lowest BCUT2D eigenvalue weighted by Crippen LogP contribution is -2.51. The maximum atomic E-state index is 13.0. The molecule has 2 aromatic rings. The van der Waals surface area contributed by atoms with Crippen LogP contribution in [0.15, 0.2) is 48.8 Å². The van der Waals surface area contributed by atoms with Crippen molar-refractivity contribution >= 4 is 11.8 Å². The van der Waals surface area contributed by atoms with Gasteiger partial charge >= 0.3 is 0 Å². The van der Waals surface area contributed by atoms with Crippen LogP contribution in [0.3, 0.4) is 0 Å². The summed E-state index contributed by atoms with van der Waals surface area (Å²) in [5, 5.41) is 3.01. The van der Waals surface area contributed by atoms with Gasteiger partial charge in [-0.1, -0.05) is 30.3 Å². The highest BCUT2D eigenvalue weighted by atomic mass is 16.5. The molecule has 0 unspecified atom stereocenters. The first-order valence-corrected chi connectivity index (χ1v) is 10.1. The molecule has 0 saturated carbocycles. The number of amides is 2. The van der Waals surface area contributed by atoms with Gasteiger partial charge in [0.15, 0.2) is 0 Å². The minimum Gasteiger partial charge on any atom is -0.375 e. The predicted molar refractivity (Wildman–Crippen MR) is 112 cm³/mol. The van der Waals surface area contributed by atoms with Crippen LogP contribution in [0.2, 0.25) is 0 Å². The molecule has 1 N–H and O–H groups in total. The number of benzene rings is 1. The fraction of sp³-hybridized carbons (Fsp3) is 0.435. The summed E-state index contributed by atoms with van der Waals surface area (Å²) >= 11 is 0. The van der Waals surface area contributed by atoms with E-state index in [1.54, 1.807) is 11.1 Å². The Labute approximate surface area is 172 Å². The van der Waals surface area contributed by atoms with Crippen molar-refractivity contribution in [2.75, 3.05) is 33.4 Å². The van der Waals surface area contributed by atoms with E-state index in [1.165, 1.54) is 7.11 Å². The summed E-state index contributed by atoms with van der Waals surface area (Å²) in [5.41, 5.74) is 2.76. The zero-order chi connectivity index (χ0) is 20.7. The van der Waals surface area contributed by atoms with Crippen LogP contribution in [-0.2, 0) is 20.7 Å². The average Bonchev–Trinajstić information content (AvgIpc) is 2.75. The van der Waals surface area contributed by atoms with Crippen LogP contribution < -0.4 is 5.32 Å². The highest BCUT2D eigenvalue weighted by molar-refractivity contribution is 5.84. The van der Waals surface area contributed by atoms with E-state index in [4.69, 9.17) is 4.74 Å². The van der Waals surface area contributed by atoms with Gasteiger partial charge in [-0.25, -0.2) is 0 Å². The van der Waals surface area contributed by atoms with Gasteiger partial charge in [-0.15, -0.1) is 0 Å². The molecule has 1 aliphatic rings. The number of carbonyl (C=O) groups is 2. The molecule has 6 nitrogen and oxygen atoms in total. The molecule has 1 aliphatic heterocycles. The average molecular weight is 396 g/mol. The maximum Gasteiger partial charge on any atom is 0.248 e.